The van der Waals surface area contributed by atoms with E-state index in [0.717, 1.165) is 0 Å². The summed E-state index contributed by atoms with van der Waals surface area (Å²) in [5.41, 5.74) is 1.86. The maximum absolute atomic E-state index is 11.8. The van der Waals surface area contributed by atoms with Crippen LogP contribution in [-0.4, -0.2) is 24.2 Å². The summed E-state index contributed by atoms with van der Waals surface area (Å²) in [4.78, 5) is 19.0. The van der Waals surface area contributed by atoms with Crippen LogP contribution in [0.2, 0.25) is 0 Å². The molecule has 0 spiro atoms. The second-order valence-corrected chi connectivity index (χ2v) is 4.17. The van der Waals surface area contributed by atoms with Crippen LogP contribution < -0.4 is 15.0 Å². The number of nitrogens with zero attached hydrogens (tertiary/aromatic N) is 1. The summed E-state index contributed by atoms with van der Waals surface area (Å²) >= 11 is 0. The molecular weight excluding hydrogens is 244 g/mol. The van der Waals surface area contributed by atoms with Crippen LogP contribution in [0.15, 0.2) is 23.0 Å². The molecule has 0 amide bonds. The Kier molecular flexibility index (Phi) is 3.55. The van der Waals surface area contributed by atoms with Gasteiger partial charge in [-0.25, -0.2) is 4.98 Å². The van der Waals surface area contributed by atoms with Gasteiger partial charge in [-0.1, -0.05) is 6.07 Å². The first-order valence-electron chi connectivity index (χ1n) is 5.87. The fourth-order valence-corrected chi connectivity index (χ4v) is 1.85. The molecule has 0 bridgehead atoms. The van der Waals surface area contributed by atoms with E-state index in [1.54, 1.807) is 34.1 Å². The number of rotatable bonds is 3. The molecule has 100 valence electrons. The minimum absolute atomic E-state index is 0.146. The number of aryl methyl sites for hydroxylation is 1. The van der Waals surface area contributed by atoms with Gasteiger partial charge in [-0.3, -0.25) is 4.79 Å². The van der Waals surface area contributed by atoms with Crippen molar-refractivity contribution in [3.05, 3.63) is 39.8 Å². The highest BCUT2D eigenvalue weighted by Crippen LogP contribution is 2.35. The number of aromatic nitrogens is 2. The van der Waals surface area contributed by atoms with E-state index in [1.165, 1.54) is 0 Å². The standard InChI is InChI=1S/C14H16N2O3/c1-8-9(2)15-13(16-14(8)17)10-6-5-7-11(18-3)12(10)19-4/h5-7H,1-4H3,(H,15,16,17). The molecule has 0 saturated heterocycles. The van der Waals surface area contributed by atoms with E-state index < -0.39 is 0 Å². The summed E-state index contributed by atoms with van der Waals surface area (Å²) < 4.78 is 10.6. The maximum Gasteiger partial charge on any atom is 0.254 e. The molecule has 1 N–H and O–H groups in total. The van der Waals surface area contributed by atoms with Gasteiger partial charge in [0.1, 0.15) is 5.82 Å². The normalized spacial score (nSPS) is 10.3. The maximum atomic E-state index is 11.8. The minimum atomic E-state index is -0.146. The zero-order valence-corrected chi connectivity index (χ0v) is 11.4. The molecule has 2 aromatic rings. The Morgan fingerprint density at radius 1 is 1.16 bits per heavy atom. The molecule has 1 aromatic heterocycles. The molecule has 5 nitrogen and oxygen atoms in total. The summed E-state index contributed by atoms with van der Waals surface area (Å²) in [7, 11) is 3.12. The van der Waals surface area contributed by atoms with Crippen LogP contribution in [0.25, 0.3) is 11.4 Å². The third-order valence-corrected chi connectivity index (χ3v) is 3.05. The molecule has 0 atom stereocenters. The lowest BCUT2D eigenvalue weighted by atomic mass is 10.1. The van der Waals surface area contributed by atoms with E-state index in [-0.39, 0.29) is 5.56 Å². The summed E-state index contributed by atoms with van der Waals surface area (Å²) in [5.74, 6) is 1.63. The molecule has 2 rings (SSSR count). The summed E-state index contributed by atoms with van der Waals surface area (Å²) in [6.45, 7) is 3.55. The van der Waals surface area contributed by atoms with Crippen molar-refractivity contribution < 1.29 is 9.47 Å². The van der Waals surface area contributed by atoms with E-state index in [0.29, 0.717) is 34.1 Å². The number of aromatic amines is 1. The Morgan fingerprint density at radius 3 is 2.47 bits per heavy atom. The van der Waals surface area contributed by atoms with Crippen molar-refractivity contribution in [2.45, 2.75) is 13.8 Å². The first-order valence-corrected chi connectivity index (χ1v) is 5.87. The fraction of sp³-hybridized carbons (Fsp3) is 0.286. The van der Waals surface area contributed by atoms with E-state index >= 15 is 0 Å². The first kappa shape index (κ1) is 13.1. The highest BCUT2D eigenvalue weighted by molar-refractivity contribution is 5.68. The van der Waals surface area contributed by atoms with Gasteiger partial charge in [-0.05, 0) is 26.0 Å². The van der Waals surface area contributed by atoms with Gasteiger partial charge < -0.3 is 14.5 Å². The molecule has 1 aromatic carbocycles. The average molecular weight is 260 g/mol. The number of nitrogens with one attached hydrogen (secondary N) is 1. The molecule has 1 heterocycles. The lowest BCUT2D eigenvalue weighted by Crippen LogP contribution is -2.14. The third-order valence-electron chi connectivity index (χ3n) is 3.05. The van der Waals surface area contributed by atoms with Crippen molar-refractivity contribution in [2.75, 3.05) is 14.2 Å². The number of para-hydroxylation sites is 1. The Morgan fingerprint density at radius 2 is 1.89 bits per heavy atom. The summed E-state index contributed by atoms with van der Waals surface area (Å²) in [6, 6.07) is 5.45. The molecule has 0 aliphatic rings. The topological polar surface area (TPSA) is 64.2 Å². The number of benzene rings is 1. The predicted molar refractivity (Wildman–Crippen MR) is 72.9 cm³/mol. The zero-order chi connectivity index (χ0) is 14.0. The molecule has 0 radical (unpaired) electrons. The van der Waals surface area contributed by atoms with Gasteiger partial charge in [0.25, 0.3) is 5.56 Å². The van der Waals surface area contributed by atoms with E-state index in [9.17, 15) is 4.79 Å². The second kappa shape index (κ2) is 5.14. The van der Waals surface area contributed by atoms with Gasteiger partial charge >= 0.3 is 0 Å². The summed E-state index contributed by atoms with van der Waals surface area (Å²) in [6.07, 6.45) is 0. The van der Waals surface area contributed by atoms with E-state index in [1.807, 2.05) is 12.1 Å². The number of H-pyrrole nitrogens is 1. The molecule has 0 aliphatic heterocycles. The first-order chi connectivity index (χ1) is 9.08. The molecule has 0 fully saturated rings. The van der Waals surface area contributed by atoms with Crippen molar-refractivity contribution in [3.63, 3.8) is 0 Å². The number of hydrogen-bond acceptors (Lipinski definition) is 4. The van der Waals surface area contributed by atoms with Crippen molar-refractivity contribution in [2.24, 2.45) is 0 Å². The minimum Gasteiger partial charge on any atom is -0.493 e. The van der Waals surface area contributed by atoms with Gasteiger partial charge in [-0.2, -0.15) is 0 Å². The van der Waals surface area contributed by atoms with Crippen molar-refractivity contribution in [1.82, 2.24) is 9.97 Å². The van der Waals surface area contributed by atoms with Crippen LogP contribution in [0.4, 0.5) is 0 Å². The van der Waals surface area contributed by atoms with E-state index in [4.69, 9.17) is 9.47 Å². The van der Waals surface area contributed by atoms with Crippen LogP contribution in [-0.2, 0) is 0 Å². The zero-order valence-electron chi connectivity index (χ0n) is 11.4. The largest absolute Gasteiger partial charge is 0.493 e. The smallest absolute Gasteiger partial charge is 0.254 e. The van der Waals surface area contributed by atoms with Crippen LogP contribution in [0.5, 0.6) is 11.5 Å². The van der Waals surface area contributed by atoms with Crippen molar-refractivity contribution in [3.8, 4) is 22.9 Å². The monoisotopic (exact) mass is 260 g/mol. The van der Waals surface area contributed by atoms with Gasteiger partial charge in [0.05, 0.1) is 19.8 Å². The highest BCUT2D eigenvalue weighted by atomic mass is 16.5. The van der Waals surface area contributed by atoms with Crippen LogP contribution in [0.1, 0.15) is 11.3 Å². The molecule has 0 saturated carbocycles. The predicted octanol–water partition coefficient (Wildman–Crippen LogP) is 2.07. The molecular formula is C14H16N2O3. The number of hydrogen-bond donors (Lipinski definition) is 1. The van der Waals surface area contributed by atoms with Crippen LogP contribution >= 0.6 is 0 Å². The summed E-state index contributed by atoms with van der Waals surface area (Å²) in [5, 5.41) is 0. The Bertz CT molecular complexity index is 662. The van der Waals surface area contributed by atoms with Crippen LogP contribution in [0, 0.1) is 13.8 Å². The molecule has 0 aliphatic carbocycles. The van der Waals surface area contributed by atoms with Gasteiger partial charge in [-0.15, -0.1) is 0 Å². The van der Waals surface area contributed by atoms with Crippen molar-refractivity contribution in [1.29, 1.82) is 0 Å². The Hall–Kier alpha value is -2.30. The van der Waals surface area contributed by atoms with Crippen molar-refractivity contribution >= 4 is 0 Å². The Balaban J connectivity index is 2.69. The van der Waals surface area contributed by atoms with E-state index in [2.05, 4.69) is 9.97 Å². The molecule has 19 heavy (non-hydrogen) atoms. The van der Waals surface area contributed by atoms with Crippen LogP contribution in [0.3, 0.4) is 0 Å². The lowest BCUT2D eigenvalue weighted by Gasteiger charge is -2.12. The van der Waals surface area contributed by atoms with Gasteiger partial charge in [0, 0.05) is 11.3 Å². The quantitative estimate of drug-likeness (QED) is 0.917. The van der Waals surface area contributed by atoms with Gasteiger partial charge in [0.2, 0.25) is 0 Å². The highest BCUT2D eigenvalue weighted by Gasteiger charge is 2.14. The molecule has 0 unspecified atom stereocenters. The fourth-order valence-electron chi connectivity index (χ4n) is 1.85. The SMILES string of the molecule is COc1cccc(-c2nc(C)c(C)c(=O)[nH]2)c1OC. The molecule has 5 heteroatoms. The Labute approximate surface area is 111 Å². The van der Waals surface area contributed by atoms with Gasteiger partial charge in [0.15, 0.2) is 11.5 Å². The number of ether oxygens (including phenoxy) is 2. The average Bonchev–Trinajstić information content (AvgIpc) is 2.43. The number of methoxy groups -OCH3 is 2. The lowest BCUT2D eigenvalue weighted by molar-refractivity contribution is 0.356. The second-order valence-electron chi connectivity index (χ2n) is 4.17. The third kappa shape index (κ3) is 2.31.